The van der Waals surface area contributed by atoms with E-state index in [1.165, 1.54) is 17.6 Å². The number of nitrogens with zero attached hydrogens (tertiary/aromatic N) is 1. The third kappa shape index (κ3) is 5.33. The summed E-state index contributed by atoms with van der Waals surface area (Å²) in [5.74, 6) is -0.844. The van der Waals surface area contributed by atoms with E-state index in [1.807, 2.05) is 0 Å². The van der Waals surface area contributed by atoms with Crippen LogP contribution < -0.4 is 10.9 Å². The Morgan fingerprint density at radius 1 is 1.19 bits per heavy atom. The highest BCUT2D eigenvalue weighted by Gasteiger charge is 2.37. The minimum atomic E-state index is -0.943. The van der Waals surface area contributed by atoms with Crippen LogP contribution in [0.4, 0.5) is 0 Å². The standard InChI is InChI=1S/C24H31ClN2O5/c1-15(13-32-16(2)28)27-12-7-17-18(22(27)30)5-6-19(25)20(17)21(29)26-14-24(31)10-8-23(3,4)9-11-24/h5-7,12,15,31H,8-11,13-14H2,1-4H3,(H,26,29)/t15-/m1/s1. The number of carbonyl (C=O) groups excluding carboxylic acids is 2. The molecule has 1 amide bonds. The zero-order valence-corrected chi connectivity index (χ0v) is 19.8. The van der Waals surface area contributed by atoms with Gasteiger partial charge in [0.2, 0.25) is 0 Å². The molecule has 2 aromatic rings. The van der Waals surface area contributed by atoms with Crippen LogP contribution in [-0.4, -0.2) is 40.3 Å². The van der Waals surface area contributed by atoms with Gasteiger partial charge in [0.15, 0.2) is 0 Å². The van der Waals surface area contributed by atoms with Gasteiger partial charge in [0, 0.05) is 30.4 Å². The number of esters is 1. The zero-order valence-electron chi connectivity index (χ0n) is 19.0. The fourth-order valence-electron chi connectivity index (χ4n) is 4.11. The van der Waals surface area contributed by atoms with Crippen molar-refractivity contribution in [3.8, 4) is 0 Å². The summed E-state index contributed by atoms with van der Waals surface area (Å²) in [7, 11) is 0. The van der Waals surface area contributed by atoms with Crippen LogP contribution in [0, 0.1) is 5.41 Å². The summed E-state index contributed by atoms with van der Waals surface area (Å²) < 4.78 is 6.48. The first-order valence-electron chi connectivity index (χ1n) is 10.9. The van der Waals surface area contributed by atoms with Crippen LogP contribution in [0.3, 0.4) is 0 Å². The average molecular weight is 463 g/mol. The van der Waals surface area contributed by atoms with Crippen molar-refractivity contribution in [3.05, 3.63) is 45.3 Å². The summed E-state index contributed by atoms with van der Waals surface area (Å²) in [4.78, 5) is 37.1. The normalized spacial score (nSPS) is 18.2. The Morgan fingerprint density at radius 3 is 2.47 bits per heavy atom. The number of halogens is 1. The number of carbonyl (C=O) groups is 2. The van der Waals surface area contributed by atoms with Crippen molar-refractivity contribution < 1.29 is 19.4 Å². The predicted molar refractivity (Wildman–Crippen MR) is 124 cm³/mol. The molecule has 1 aromatic carbocycles. The molecule has 0 saturated heterocycles. The first-order chi connectivity index (χ1) is 14.9. The number of amides is 1. The first-order valence-corrected chi connectivity index (χ1v) is 11.3. The van der Waals surface area contributed by atoms with Gasteiger partial charge in [-0.15, -0.1) is 0 Å². The average Bonchev–Trinajstić information content (AvgIpc) is 2.73. The van der Waals surface area contributed by atoms with E-state index in [0.717, 1.165) is 12.8 Å². The summed E-state index contributed by atoms with van der Waals surface area (Å²) >= 11 is 6.34. The first kappa shape index (κ1) is 24.3. The third-order valence-electron chi connectivity index (χ3n) is 6.40. The van der Waals surface area contributed by atoms with E-state index in [1.54, 1.807) is 25.3 Å². The Labute approximate surface area is 192 Å². The molecule has 32 heavy (non-hydrogen) atoms. The maximum Gasteiger partial charge on any atom is 0.302 e. The highest BCUT2D eigenvalue weighted by molar-refractivity contribution is 6.35. The number of pyridine rings is 1. The minimum absolute atomic E-state index is 0.0665. The maximum absolute atomic E-state index is 13.0. The van der Waals surface area contributed by atoms with Gasteiger partial charge < -0.3 is 19.7 Å². The Balaban J connectivity index is 1.84. The highest BCUT2D eigenvalue weighted by atomic mass is 35.5. The molecule has 1 saturated carbocycles. The van der Waals surface area contributed by atoms with E-state index in [-0.39, 0.29) is 40.8 Å². The van der Waals surface area contributed by atoms with E-state index in [2.05, 4.69) is 19.2 Å². The van der Waals surface area contributed by atoms with Crippen molar-refractivity contribution in [1.82, 2.24) is 9.88 Å². The molecule has 1 aliphatic carbocycles. The van der Waals surface area contributed by atoms with Crippen LogP contribution in [0.1, 0.15) is 69.8 Å². The van der Waals surface area contributed by atoms with Crippen LogP contribution in [-0.2, 0) is 9.53 Å². The largest absolute Gasteiger partial charge is 0.464 e. The number of fused-ring (bicyclic) bond motifs is 1. The Morgan fingerprint density at radius 2 is 1.84 bits per heavy atom. The van der Waals surface area contributed by atoms with Gasteiger partial charge in [0.1, 0.15) is 6.61 Å². The van der Waals surface area contributed by atoms with Crippen LogP contribution >= 0.6 is 11.6 Å². The number of ether oxygens (including phenoxy) is 1. The van der Waals surface area contributed by atoms with E-state index in [4.69, 9.17) is 16.3 Å². The number of rotatable bonds is 6. The topological polar surface area (TPSA) is 97.6 Å². The van der Waals surface area contributed by atoms with E-state index in [9.17, 15) is 19.5 Å². The number of hydrogen-bond acceptors (Lipinski definition) is 5. The lowest BCUT2D eigenvalue weighted by molar-refractivity contribution is -0.141. The van der Waals surface area contributed by atoms with Gasteiger partial charge in [0.25, 0.3) is 11.5 Å². The maximum atomic E-state index is 13.0. The molecule has 2 N–H and O–H groups in total. The summed E-state index contributed by atoms with van der Waals surface area (Å²) in [6.45, 7) is 7.64. The van der Waals surface area contributed by atoms with E-state index >= 15 is 0 Å². The number of benzene rings is 1. The Kier molecular flexibility index (Phi) is 7.00. The molecular formula is C24H31ClN2O5. The molecule has 1 fully saturated rings. The van der Waals surface area contributed by atoms with Crippen molar-refractivity contribution in [2.24, 2.45) is 5.41 Å². The summed E-state index contributed by atoms with van der Waals surface area (Å²) in [5, 5.41) is 14.7. The third-order valence-corrected chi connectivity index (χ3v) is 6.72. The molecule has 0 bridgehead atoms. The summed E-state index contributed by atoms with van der Waals surface area (Å²) in [6.07, 6.45) is 4.59. The molecular weight excluding hydrogens is 432 g/mol. The van der Waals surface area contributed by atoms with E-state index in [0.29, 0.717) is 23.6 Å². The lowest BCUT2D eigenvalue weighted by Crippen LogP contribution is -2.46. The number of nitrogens with one attached hydrogen (secondary N) is 1. The van der Waals surface area contributed by atoms with Crippen LogP contribution in [0.15, 0.2) is 29.2 Å². The second-order valence-corrected chi connectivity index (χ2v) is 10.0. The number of aliphatic hydroxyl groups is 1. The SMILES string of the molecule is CC(=O)OC[C@@H](C)n1ccc2c(C(=O)NCC3(O)CCC(C)(C)CC3)c(Cl)ccc2c1=O. The molecule has 1 aromatic heterocycles. The molecule has 0 unspecified atom stereocenters. The molecule has 1 heterocycles. The zero-order chi connectivity index (χ0) is 23.7. The molecule has 0 aliphatic heterocycles. The second-order valence-electron chi connectivity index (χ2n) is 9.63. The molecule has 174 valence electrons. The van der Waals surface area contributed by atoms with Gasteiger partial charge >= 0.3 is 5.97 Å². The van der Waals surface area contributed by atoms with Gasteiger partial charge in [-0.1, -0.05) is 25.4 Å². The minimum Gasteiger partial charge on any atom is -0.464 e. The molecule has 1 atom stereocenters. The van der Waals surface area contributed by atoms with Crippen molar-refractivity contribution in [2.45, 2.75) is 65.0 Å². The van der Waals surface area contributed by atoms with Gasteiger partial charge in [-0.2, -0.15) is 0 Å². The van der Waals surface area contributed by atoms with Gasteiger partial charge in [0.05, 0.1) is 22.2 Å². The molecule has 7 nitrogen and oxygen atoms in total. The van der Waals surface area contributed by atoms with Crippen LogP contribution in [0.5, 0.6) is 0 Å². The predicted octanol–water partition coefficient (Wildman–Crippen LogP) is 3.84. The lowest BCUT2D eigenvalue weighted by Gasteiger charge is -2.40. The summed E-state index contributed by atoms with van der Waals surface area (Å²) in [5.41, 5.74) is -0.843. The second kappa shape index (κ2) is 9.24. The molecule has 0 radical (unpaired) electrons. The van der Waals surface area contributed by atoms with Crippen molar-refractivity contribution >= 4 is 34.2 Å². The lowest BCUT2D eigenvalue weighted by atomic mass is 9.71. The molecule has 3 rings (SSSR count). The van der Waals surface area contributed by atoms with Crippen LogP contribution in [0.25, 0.3) is 10.8 Å². The number of aromatic nitrogens is 1. The van der Waals surface area contributed by atoms with E-state index < -0.39 is 17.5 Å². The van der Waals surface area contributed by atoms with Crippen molar-refractivity contribution in [2.75, 3.05) is 13.2 Å². The summed E-state index contributed by atoms with van der Waals surface area (Å²) in [6, 6.07) is 4.41. The quantitative estimate of drug-likeness (QED) is 0.635. The van der Waals surface area contributed by atoms with Crippen molar-refractivity contribution in [3.63, 3.8) is 0 Å². The number of hydrogen-bond donors (Lipinski definition) is 2. The fourth-order valence-corrected chi connectivity index (χ4v) is 4.36. The Hall–Kier alpha value is -2.38. The fraction of sp³-hybridized carbons (Fsp3) is 0.542. The Bertz CT molecular complexity index is 1080. The molecule has 8 heteroatoms. The molecule has 0 spiro atoms. The smallest absolute Gasteiger partial charge is 0.302 e. The molecule has 1 aliphatic rings. The van der Waals surface area contributed by atoms with Gasteiger partial charge in [-0.25, -0.2) is 0 Å². The van der Waals surface area contributed by atoms with Gasteiger partial charge in [-0.3, -0.25) is 14.4 Å². The van der Waals surface area contributed by atoms with Gasteiger partial charge in [-0.05, 0) is 56.2 Å². The highest BCUT2D eigenvalue weighted by Crippen LogP contribution is 2.40. The van der Waals surface area contributed by atoms with Crippen molar-refractivity contribution in [1.29, 1.82) is 0 Å². The van der Waals surface area contributed by atoms with Crippen LogP contribution in [0.2, 0.25) is 5.02 Å². The monoisotopic (exact) mass is 462 g/mol.